The first-order valence-electron chi connectivity index (χ1n) is 6.04. The lowest BCUT2D eigenvalue weighted by Gasteiger charge is -2.12. The van der Waals surface area contributed by atoms with Crippen LogP contribution in [0.2, 0.25) is 5.02 Å². The highest BCUT2D eigenvalue weighted by molar-refractivity contribution is 6.31. The number of aliphatic hydroxyl groups is 1. The highest BCUT2D eigenvalue weighted by Crippen LogP contribution is 2.35. The molecule has 0 aliphatic rings. The van der Waals surface area contributed by atoms with E-state index >= 15 is 0 Å². The SMILES string of the molecule is O=C(Nc1cnccc1CO)c1ccc(Cl)c(C(F)(F)F)c1. The van der Waals surface area contributed by atoms with Crippen molar-refractivity contribution in [1.29, 1.82) is 0 Å². The molecule has 4 nitrogen and oxygen atoms in total. The number of aliphatic hydroxyl groups excluding tert-OH is 1. The molecule has 0 fully saturated rings. The molecular weight excluding hydrogens is 321 g/mol. The van der Waals surface area contributed by atoms with Gasteiger partial charge in [-0.2, -0.15) is 13.2 Å². The molecule has 2 aromatic rings. The molecule has 0 atom stereocenters. The number of amides is 1. The van der Waals surface area contributed by atoms with Crippen molar-refractivity contribution in [3.63, 3.8) is 0 Å². The number of halogens is 4. The van der Waals surface area contributed by atoms with Gasteiger partial charge in [0.1, 0.15) is 0 Å². The van der Waals surface area contributed by atoms with E-state index in [1.807, 2.05) is 0 Å². The van der Waals surface area contributed by atoms with Gasteiger partial charge in [0.05, 0.1) is 29.1 Å². The molecular formula is C14H10ClF3N2O2. The van der Waals surface area contributed by atoms with Crippen LogP contribution in [0.5, 0.6) is 0 Å². The molecule has 0 bridgehead atoms. The Morgan fingerprint density at radius 3 is 2.68 bits per heavy atom. The first kappa shape index (κ1) is 16.3. The van der Waals surface area contributed by atoms with Crippen molar-refractivity contribution in [3.05, 3.63) is 58.4 Å². The summed E-state index contributed by atoms with van der Waals surface area (Å²) in [5.41, 5.74) is -0.674. The number of aromatic nitrogens is 1. The summed E-state index contributed by atoms with van der Waals surface area (Å²) in [6.07, 6.45) is -1.94. The lowest BCUT2D eigenvalue weighted by atomic mass is 10.1. The Morgan fingerprint density at radius 2 is 2.05 bits per heavy atom. The molecule has 1 aromatic carbocycles. The number of pyridine rings is 1. The lowest BCUT2D eigenvalue weighted by Crippen LogP contribution is -2.15. The van der Waals surface area contributed by atoms with Gasteiger partial charge in [0.25, 0.3) is 5.91 Å². The fourth-order valence-electron chi connectivity index (χ4n) is 1.75. The van der Waals surface area contributed by atoms with Gasteiger partial charge in [-0.05, 0) is 24.3 Å². The third-order valence-electron chi connectivity index (χ3n) is 2.86. The van der Waals surface area contributed by atoms with E-state index < -0.39 is 22.7 Å². The van der Waals surface area contributed by atoms with E-state index in [2.05, 4.69) is 10.3 Å². The highest BCUT2D eigenvalue weighted by atomic mass is 35.5. The van der Waals surface area contributed by atoms with Crippen molar-refractivity contribution in [2.45, 2.75) is 12.8 Å². The molecule has 2 N–H and O–H groups in total. The summed E-state index contributed by atoms with van der Waals surface area (Å²) in [6.45, 7) is -0.341. The van der Waals surface area contributed by atoms with Gasteiger partial charge in [0.15, 0.2) is 0 Å². The summed E-state index contributed by atoms with van der Waals surface area (Å²) < 4.78 is 38.3. The molecule has 1 heterocycles. The maximum Gasteiger partial charge on any atom is 0.417 e. The maximum absolute atomic E-state index is 12.8. The zero-order valence-electron chi connectivity index (χ0n) is 11.0. The molecule has 0 aliphatic heterocycles. The van der Waals surface area contributed by atoms with Gasteiger partial charge in [-0.1, -0.05) is 11.6 Å². The van der Waals surface area contributed by atoms with Crippen molar-refractivity contribution in [3.8, 4) is 0 Å². The van der Waals surface area contributed by atoms with Gasteiger partial charge >= 0.3 is 6.18 Å². The van der Waals surface area contributed by atoms with Crippen LogP contribution in [-0.2, 0) is 12.8 Å². The van der Waals surface area contributed by atoms with Crippen LogP contribution in [0, 0.1) is 0 Å². The third kappa shape index (κ3) is 3.55. The number of hydrogen-bond acceptors (Lipinski definition) is 3. The zero-order valence-corrected chi connectivity index (χ0v) is 11.7. The van der Waals surface area contributed by atoms with Crippen molar-refractivity contribution < 1.29 is 23.1 Å². The van der Waals surface area contributed by atoms with Crippen LogP contribution in [-0.4, -0.2) is 16.0 Å². The molecule has 22 heavy (non-hydrogen) atoms. The topological polar surface area (TPSA) is 62.2 Å². The number of anilines is 1. The predicted octanol–water partition coefficient (Wildman–Crippen LogP) is 3.50. The van der Waals surface area contributed by atoms with Crippen LogP contribution < -0.4 is 5.32 Å². The smallest absolute Gasteiger partial charge is 0.392 e. The van der Waals surface area contributed by atoms with Crippen molar-refractivity contribution in [2.24, 2.45) is 0 Å². The molecule has 2 rings (SSSR count). The van der Waals surface area contributed by atoms with E-state index in [4.69, 9.17) is 16.7 Å². The molecule has 116 valence electrons. The van der Waals surface area contributed by atoms with Gasteiger partial charge < -0.3 is 10.4 Å². The molecule has 0 spiro atoms. The van der Waals surface area contributed by atoms with Gasteiger partial charge in [0, 0.05) is 17.3 Å². The molecule has 1 amide bonds. The van der Waals surface area contributed by atoms with E-state index in [1.165, 1.54) is 24.5 Å². The quantitative estimate of drug-likeness (QED) is 0.905. The predicted molar refractivity (Wildman–Crippen MR) is 74.6 cm³/mol. The van der Waals surface area contributed by atoms with Crippen molar-refractivity contribution >= 4 is 23.2 Å². The highest BCUT2D eigenvalue weighted by Gasteiger charge is 2.33. The number of nitrogens with zero attached hydrogens (tertiary/aromatic N) is 1. The van der Waals surface area contributed by atoms with E-state index in [0.29, 0.717) is 11.6 Å². The third-order valence-corrected chi connectivity index (χ3v) is 3.19. The molecule has 0 unspecified atom stereocenters. The Morgan fingerprint density at radius 1 is 1.32 bits per heavy atom. The second-order valence-electron chi connectivity index (χ2n) is 4.34. The minimum absolute atomic E-state index is 0.204. The summed E-state index contributed by atoms with van der Waals surface area (Å²) >= 11 is 5.50. The summed E-state index contributed by atoms with van der Waals surface area (Å²) in [7, 11) is 0. The van der Waals surface area contributed by atoms with Crippen molar-refractivity contribution in [1.82, 2.24) is 4.98 Å². The largest absolute Gasteiger partial charge is 0.417 e. The van der Waals surface area contributed by atoms with Gasteiger partial charge in [0.2, 0.25) is 0 Å². The molecule has 0 aliphatic carbocycles. The number of nitrogens with one attached hydrogen (secondary N) is 1. The summed E-state index contributed by atoms with van der Waals surface area (Å²) in [5, 5.41) is 11.1. The monoisotopic (exact) mass is 330 g/mol. The number of benzene rings is 1. The number of carbonyl (C=O) groups is 1. The number of hydrogen-bond donors (Lipinski definition) is 2. The molecule has 0 saturated carbocycles. The van der Waals surface area contributed by atoms with E-state index in [-0.39, 0.29) is 17.9 Å². The second-order valence-corrected chi connectivity index (χ2v) is 4.74. The van der Waals surface area contributed by atoms with Crippen LogP contribution >= 0.6 is 11.6 Å². The van der Waals surface area contributed by atoms with Crippen molar-refractivity contribution in [2.75, 3.05) is 5.32 Å². The lowest BCUT2D eigenvalue weighted by molar-refractivity contribution is -0.137. The van der Waals surface area contributed by atoms with Crippen LogP contribution in [0.3, 0.4) is 0 Å². The minimum atomic E-state index is -4.65. The van der Waals surface area contributed by atoms with Gasteiger partial charge in [-0.15, -0.1) is 0 Å². The summed E-state index contributed by atoms with van der Waals surface area (Å²) in [5.74, 6) is -0.759. The Kier molecular flexibility index (Phi) is 4.68. The Hall–Kier alpha value is -2.12. The van der Waals surface area contributed by atoms with Crippen LogP contribution in [0.25, 0.3) is 0 Å². The van der Waals surface area contributed by atoms with E-state index in [0.717, 1.165) is 6.07 Å². The summed E-state index contributed by atoms with van der Waals surface area (Å²) in [6, 6.07) is 4.35. The normalized spacial score (nSPS) is 11.3. The van der Waals surface area contributed by atoms with Gasteiger partial charge in [-0.25, -0.2) is 0 Å². The fraction of sp³-hybridized carbons (Fsp3) is 0.143. The number of alkyl halides is 3. The van der Waals surface area contributed by atoms with E-state index in [9.17, 15) is 18.0 Å². The zero-order chi connectivity index (χ0) is 16.3. The Balaban J connectivity index is 2.31. The molecule has 1 aromatic heterocycles. The first-order valence-corrected chi connectivity index (χ1v) is 6.42. The molecule has 0 saturated heterocycles. The van der Waals surface area contributed by atoms with E-state index in [1.54, 1.807) is 0 Å². The first-order chi connectivity index (χ1) is 10.3. The Labute approximate surface area is 128 Å². The standard InChI is InChI=1S/C14H10ClF3N2O2/c15-11-2-1-8(5-10(11)14(16,17)18)13(22)20-12-6-19-4-3-9(12)7-21/h1-6,21H,7H2,(H,20,22). The van der Waals surface area contributed by atoms with Crippen LogP contribution in [0.1, 0.15) is 21.5 Å². The molecule has 0 radical (unpaired) electrons. The Bertz CT molecular complexity index is 705. The minimum Gasteiger partial charge on any atom is -0.392 e. The average molecular weight is 331 g/mol. The fourth-order valence-corrected chi connectivity index (χ4v) is 1.98. The summed E-state index contributed by atoms with van der Waals surface area (Å²) in [4.78, 5) is 15.8. The number of carbonyl (C=O) groups excluding carboxylic acids is 1. The second kappa shape index (κ2) is 6.33. The number of rotatable bonds is 3. The van der Waals surface area contributed by atoms with Crippen LogP contribution in [0.15, 0.2) is 36.7 Å². The molecule has 8 heteroatoms. The van der Waals surface area contributed by atoms with Gasteiger partial charge in [-0.3, -0.25) is 9.78 Å². The average Bonchev–Trinajstić information content (AvgIpc) is 2.47. The van der Waals surface area contributed by atoms with Crippen LogP contribution in [0.4, 0.5) is 18.9 Å². The maximum atomic E-state index is 12.8.